The summed E-state index contributed by atoms with van der Waals surface area (Å²) in [5.41, 5.74) is 4.98. The number of amides is 2. The van der Waals surface area contributed by atoms with E-state index in [1.165, 1.54) is 27.2 Å². The van der Waals surface area contributed by atoms with Gasteiger partial charge in [-0.25, -0.2) is 4.90 Å². The van der Waals surface area contributed by atoms with Crippen molar-refractivity contribution < 1.29 is 14.3 Å². The molecule has 4 aliphatic rings. The quantitative estimate of drug-likeness (QED) is 0.308. The zero-order valence-corrected chi connectivity index (χ0v) is 20.4. The van der Waals surface area contributed by atoms with Crippen molar-refractivity contribution in [1.29, 1.82) is 0 Å². The van der Waals surface area contributed by atoms with Crippen molar-refractivity contribution in [2.24, 2.45) is 11.8 Å². The van der Waals surface area contributed by atoms with Crippen LogP contribution in [0.1, 0.15) is 67.7 Å². The number of imide groups is 1. The number of nitrogens with zero attached hydrogens (tertiary/aromatic N) is 1. The van der Waals surface area contributed by atoms with Gasteiger partial charge in [0.25, 0.3) is 0 Å². The van der Waals surface area contributed by atoms with E-state index in [0.29, 0.717) is 12.3 Å². The highest BCUT2D eigenvalue weighted by Crippen LogP contribution is 2.65. The summed E-state index contributed by atoms with van der Waals surface area (Å²) in [5, 5.41) is 0. The number of unbranched alkanes of at least 4 members (excludes halogenated alkanes) is 2. The Kier molecular flexibility index (Phi) is 5.28. The average Bonchev–Trinajstić information content (AvgIpc) is 3.17. The lowest BCUT2D eigenvalue weighted by Gasteiger charge is -2.54. The molecule has 0 spiro atoms. The first kappa shape index (κ1) is 22.1. The predicted molar refractivity (Wildman–Crippen MR) is 137 cm³/mol. The Hall–Kier alpha value is -3.40. The van der Waals surface area contributed by atoms with Crippen LogP contribution in [0.5, 0.6) is 5.75 Å². The number of carbonyl (C=O) groups is 2. The second-order valence-electron chi connectivity index (χ2n) is 10.0. The smallest absolute Gasteiger partial charge is 0.238 e. The van der Waals surface area contributed by atoms with Gasteiger partial charge in [-0.15, -0.1) is 0 Å². The van der Waals surface area contributed by atoms with Gasteiger partial charge in [-0.05, 0) is 59.4 Å². The zero-order valence-electron chi connectivity index (χ0n) is 20.4. The van der Waals surface area contributed by atoms with Gasteiger partial charge in [-0.2, -0.15) is 0 Å². The molecule has 1 saturated heterocycles. The minimum absolute atomic E-state index is 0.0764. The maximum atomic E-state index is 14.1. The van der Waals surface area contributed by atoms with E-state index in [4.69, 9.17) is 4.74 Å². The lowest BCUT2D eigenvalue weighted by Crippen LogP contribution is -2.53. The molecule has 0 N–H and O–H groups in total. The molecule has 1 fully saturated rings. The van der Waals surface area contributed by atoms with E-state index in [2.05, 4.69) is 62.4 Å². The maximum absolute atomic E-state index is 14.1. The van der Waals surface area contributed by atoms with Crippen LogP contribution < -0.4 is 9.64 Å². The monoisotopic (exact) mass is 465 g/mol. The van der Waals surface area contributed by atoms with Gasteiger partial charge in [0.2, 0.25) is 11.8 Å². The molecule has 35 heavy (non-hydrogen) atoms. The molecule has 1 aliphatic heterocycles. The highest BCUT2D eigenvalue weighted by molar-refractivity contribution is 6.23. The normalized spacial score (nSPS) is 25.9. The molecular weight excluding hydrogens is 434 g/mol. The largest absolute Gasteiger partial charge is 0.494 e. The maximum Gasteiger partial charge on any atom is 0.238 e. The predicted octanol–water partition coefficient (Wildman–Crippen LogP) is 6.22. The molecule has 1 heterocycles. The topological polar surface area (TPSA) is 46.6 Å². The molecule has 3 aromatic carbocycles. The first-order chi connectivity index (χ1) is 17.1. The second kappa shape index (κ2) is 8.37. The van der Waals surface area contributed by atoms with Crippen molar-refractivity contribution in [3.05, 3.63) is 95.1 Å². The van der Waals surface area contributed by atoms with Crippen LogP contribution in [0.25, 0.3) is 0 Å². The molecule has 178 valence electrons. The Morgan fingerprint density at radius 3 is 2.03 bits per heavy atom. The fourth-order valence-electron chi connectivity index (χ4n) is 7.02. The lowest BCUT2D eigenvalue weighted by atomic mass is 9.46. The molecule has 7 rings (SSSR count). The van der Waals surface area contributed by atoms with Crippen molar-refractivity contribution >= 4 is 17.5 Å². The van der Waals surface area contributed by atoms with Gasteiger partial charge < -0.3 is 4.74 Å². The van der Waals surface area contributed by atoms with Crippen LogP contribution in [-0.4, -0.2) is 18.4 Å². The standard InChI is InChI=1S/C31H31NO3/c1-3-5-10-19-35-21-17-15-20(16-18-21)32-29(33)27-26-22-11-6-8-13-24(22)31(4-2,28(27)30(32)34)25-14-9-7-12-23(25)26/h6-9,11-18,26-28H,3-5,10,19H2,1-2H3/t26?,27-,28-,31?/m1/s1. The van der Waals surface area contributed by atoms with Crippen LogP contribution in [0.2, 0.25) is 0 Å². The van der Waals surface area contributed by atoms with Crippen molar-refractivity contribution in [2.45, 2.75) is 50.9 Å². The third-order valence-corrected chi connectivity index (χ3v) is 8.46. The van der Waals surface area contributed by atoms with Crippen LogP contribution in [0.15, 0.2) is 72.8 Å². The molecule has 2 atom stereocenters. The Morgan fingerprint density at radius 1 is 0.800 bits per heavy atom. The highest BCUT2D eigenvalue weighted by atomic mass is 16.5. The molecule has 2 amide bonds. The van der Waals surface area contributed by atoms with E-state index < -0.39 is 5.41 Å². The van der Waals surface area contributed by atoms with E-state index in [0.717, 1.165) is 31.4 Å². The van der Waals surface area contributed by atoms with Crippen LogP contribution >= 0.6 is 0 Å². The van der Waals surface area contributed by atoms with Crippen LogP contribution in [0.4, 0.5) is 5.69 Å². The molecule has 4 heteroatoms. The number of carbonyl (C=O) groups excluding carboxylic acids is 2. The molecule has 2 bridgehead atoms. The summed E-state index contributed by atoms with van der Waals surface area (Å²) >= 11 is 0. The third-order valence-electron chi connectivity index (χ3n) is 8.46. The van der Waals surface area contributed by atoms with Gasteiger partial charge in [-0.3, -0.25) is 9.59 Å². The summed E-state index contributed by atoms with van der Waals surface area (Å²) in [6.45, 7) is 5.00. The highest BCUT2D eigenvalue weighted by Gasteiger charge is 2.67. The first-order valence-electron chi connectivity index (χ1n) is 12.9. The minimum Gasteiger partial charge on any atom is -0.494 e. The summed E-state index contributed by atoms with van der Waals surface area (Å²) in [5.74, 6) is -0.248. The van der Waals surface area contributed by atoms with E-state index in [1.807, 2.05) is 24.3 Å². The van der Waals surface area contributed by atoms with Gasteiger partial charge in [0, 0.05) is 11.3 Å². The van der Waals surface area contributed by atoms with Gasteiger partial charge in [-0.1, -0.05) is 75.2 Å². The van der Waals surface area contributed by atoms with Crippen LogP contribution in [-0.2, 0) is 15.0 Å². The molecule has 3 aromatic rings. The molecular formula is C31H31NO3. The Labute approximate surface area is 206 Å². The van der Waals surface area contributed by atoms with E-state index in [9.17, 15) is 9.59 Å². The molecule has 0 saturated carbocycles. The zero-order chi connectivity index (χ0) is 24.2. The summed E-state index contributed by atoms with van der Waals surface area (Å²) in [6.07, 6.45) is 4.08. The Morgan fingerprint density at radius 2 is 1.43 bits per heavy atom. The molecule has 3 aliphatic carbocycles. The Balaban J connectivity index is 1.41. The number of rotatable bonds is 7. The third kappa shape index (κ3) is 2.98. The number of benzene rings is 3. The van der Waals surface area contributed by atoms with Gasteiger partial charge in [0.05, 0.1) is 24.1 Å². The fourth-order valence-corrected chi connectivity index (χ4v) is 7.02. The number of anilines is 1. The first-order valence-corrected chi connectivity index (χ1v) is 12.9. The Bertz CT molecular complexity index is 1250. The number of hydrogen-bond acceptors (Lipinski definition) is 3. The van der Waals surface area contributed by atoms with Gasteiger partial charge >= 0.3 is 0 Å². The average molecular weight is 466 g/mol. The second-order valence-corrected chi connectivity index (χ2v) is 10.0. The van der Waals surface area contributed by atoms with Crippen molar-refractivity contribution in [1.82, 2.24) is 0 Å². The summed E-state index contributed by atoms with van der Waals surface area (Å²) in [4.78, 5) is 29.6. The molecule has 4 nitrogen and oxygen atoms in total. The van der Waals surface area contributed by atoms with Gasteiger partial charge in [0.1, 0.15) is 5.75 Å². The van der Waals surface area contributed by atoms with Crippen LogP contribution in [0.3, 0.4) is 0 Å². The number of ether oxygens (including phenoxy) is 1. The number of hydrogen-bond donors (Lipinski definition) is 0. The van der Waals surface area contributed by atoms with Crippen molar-refractivity contribution in [3.8, 4) is 5.75 Å². The molecule has 0 radical (unpaired) electrons. The molecule has 0 unspecified atom stereocenters. The van der Waals surface area contributed by atoms with E-state index in [1.54, 1.807) is 0 Å². The minimum atomic E-state index is -0.490. The van der Waals surface area contributed by atoms with Crippen LogP contribution in [0, 0.1) is 11.8 Å². The lowest BCUT2D eigenvalue weighted by molar-refractivity contribution is -0.123. The SMILES string of the molecule is CCCCCOc1ccc(N2C(=O)[C@@H]3C4c5ccccc5C(CC)(c5ccccc54)[C@H]3C2=O)cc1. The fraction of sp³-hybridized carbons (Fsp3) is 0.355. The van der Waals surface area contributed by atoms with Crippen molar-refractivity contribution in [3.63, 3.8) is 0 Å². The van der Waals surface area contributed by atoms with Gasteiger partial charge in [0.15, 0.2) is 0 Å². The molecule has 0 aromatic heterocycles. The van der Waals surface area contributed by atoms with E-state index in [-0.39, 0.29) is 29.6 Å². The summed E-state index contributed by atoms with van der Waals surface area (Å²) in [7, 11) is 0. The summed E-state index contributed by atoms with van der Waals surface area (Å²) < 4.78 is 5.85. The van der Waals surface area contributed by atoms with Crippen molar-refractivity contribution in [2.75, 3.05) is 11.5 Å². The van der Waals surface area contributed by atoms with E-state index >= 15 is 0 Å². The summed E-state index contributed by atoms with van der Waals surface area (Å²) in [6, 6.07) is 24.3.